The normalized spacial score (nSPS) is 11.2. The molecule has 0 aliphatic rings. The zero-order valence-corrected chi connectivity index (χ0v) is 10.6. The molecule has 0 saturated carbocycles. The summed E-state index contributed by atoms with van der Waals surface area (Å²) >= 11 is 0. The van der Waals surface area contributed by atoms with Crippen LogP contribution in [0.2, 0.25) is 0 Å². The molecule has 1 rings (SSSR count). The predicted octanol–water partition coefficient (Wildman–Crippen LogP) is 3.46. The second-order valence-corrected chi connectivity index (χ2v) is 5.00. The Kier molecular flexibility index (Phi) is 4.05. The van der Waals surface area contributed by atoms with Gasteiger partial charge in [-0.2, -0.15) is 0 Å². The Morgan fingerprint density at radius 1 is 1.44 bits per heavy atom. The smallest absolute Gasteiger partial charge is 0.135 e. The third-order valence-corrected chi connectivity index (χ3v) is 2.13. The van der Waals surface area contributed by atoms with Crippen LogP contribution in [0.1, 0.15) is 46.1 Å². The molecular formula is C13H21N3. The van der Waals surface area contributed by atoms with Crippen LogP contribution in [0.5, 0.6) is 0 Å². The number of nitrogens with one attached hydrogen (secondary N) is 2. The van der Waals surface area contributed by atoms with Crippen molar-refractivity contribution in [3.8, 4) is 0 Å². The van der Waals surface area contributed by atoms with E-state index in [1.807, 2.05) is 12.1 Å². The van der Waals surface area contributed by atoms with Gasteiger partial charge in [0, 0.05) is 23.0 Å². The first-order valence-corrected chi connectivity index (χ1v) is 5.75. The third kappa shape index (κ3) is 3.65. The van der Waals surface area contributed by atoms with Crippen molar-refractivity contribution in [1.29, 1.82) is 5.41 Å². The van der Waals surface area contributed by atoms with E-state index < -0.39 is 0 Å². The molecule has 1 aromatic heterocycles. The van der Waals surface area contributed by atoms with Crippen LogP contribution in [0.3, 0.4) is 0 Å². The molecule has 16 heavy (non-hydrogen) atoms. The summed E-state index contributed by atoms with van der Waals surface area (Å²) in [4.78, 5) is 4.32. The minimum Gasteiger partial charge on any atom is -0.365 e. The van der Waals surface area contributed by atoms with Gasteiger partial charge in [-0.15, -0.1) is 0 Å². The van der Waals surface area contributed by atoms with E-state index in [9.17, 15) is 0 Å². The summed E-state index contributed by atoms with van der Waals surface area (Å²) in [7, 11) is 0. The van der Waals surface area contributed by atoms with E-state index in [0.717, 1.165) is 24.2 Å². The fraction of sp³-hybridized carbons (Fsp3) is 0.538. The van der Waals surface area contributed by atoms with E-state index >= 15 is 0 Å². The molecule has 0 fully saturated rings. The van der Waals surface area contributed by atoms with Crippen LogP contribution in [-0.2, 0) is 0 Å². The SMILES string of the molecule is CCCC(=N)c1cccnc1NC(C)(C)C. The van der Waals surface area contributed by atoms with E-state index in [1.54, 1.807) is 6.20 Å². The zero-order chi connectivity index (χ0) is 12.2. The molecule has 0 radical (unpaired) electrons. The number of anilines is 1. The van der Waals surface area contributed by atoms with Gasteiger partial charge in [0.05, 0.1) is 0 Å². The Morgan fingerprint density at radius 3 is 2.69 bits per heavy atom. The molecule has 88 valence electrons. The fourth-order valence-corrected chi connectivity index (χ4v) is 1.49. The first-order chi connectivity index (χ1) is 7.44. The number of rotatable bonds is 4. The Morgan fingerprint density at radius 2 is 2.12 bits per heavy atom. The molecule has 1 heterocycles. The Labute approximate surface area is 97.8 Å². The van der Waals surface area contributed by atoms with Crippen molar-refractivity contribution in [3.63, 3.8) is 0 Å². The van der Waals surface area contributed by atoms with Crippen molar-refractivity contribution in [2.75, 3.05) is 5.32 Å². The lowest BCUT2D eigenvalue weighted by atomic mass is 10.0. The zero-order valence-electron chi connectivity index (χ0n) is 10.6. The van der Waals surface area contributed by atoms with Gasteiger partial charge in [-0.3, -0.25) is 0 Å². The van der Waals surface area contributed by atoms with Crippen LogP contribution in [-0.4, -0.2) is 16.2 Å². The maximum atomic E-state index is 8.00. The monoisotopic (exact) mass is 219 g/mol. The number of nitrogens with zero attached hydrogens (tertiary/aromatic N) is 1. The highest BCUT2D eigenvalue weighted by Crippen LogP contribution is 2.18. The van der Waals surface area contributed by atoms with Crippen LogP contribution in [0.15, 0.2) is 18.3 Å². The highest BCUT2D eigenvalue weighted by molar-refractivity contribution is 6.02. The van der Waals surface area contributed by atoms with E-state index in [0.29, 0.717) is 5.71 Å². The van der Waals surface area contributed by atoms with Gasteiger partial charge < -0.3 is 10.7 Å². The second-order valence-electron chi connectivity index (χ2n) is 5.00. The van der Waals surface area contributed by atoms with E-state index in [1.165, 1.54) is 0 Å². The molecule has 0 atom stereocenters. The summed E-state index contributed by atoms with van der Waals surface area (Å²) in [6.45, 7) is 8.36. The van der Waals surface area contributed by atoms with Gasteiger partial charge in [0.2, 0.25) is 0 Å². The molecule has 0 aliphatic heterocycles. The van der Waals surface area contributed by atoms with Gasteiger partial charge in [-0.1, -0.05) is 13.3 Å². The summed E-state index contributed by atoms with van der Waals surface area (Å²) < 4.78 is 0. The summed E-state index contributed by atoms with van der Waals surface area (Å²) in [5, 5.41) is 11.3. The molecule has 0 aliphatic carbocycles. The van der Waals surface area contributed by atoms with Crippen molar-refractivity contribution >= 4 is 11.5 Å². The highest BCUT2D eigenvalue weighted by atomic mass is 15.0. The molecule has 2 N–H and O–H groups in total. The quantitative estimate of drug-likeness (QED) is 0.762. The first kappa shape index (κ1) is 12.7. The summed E-state index contributed by atoms with van der Waals surface area (Å²) in [5.74, 6) is 0.813. The Bertz CT molecular complexity index is 364. The number of hydrogen-bond acceptors (Lipinski definition) is 3. The minimum atomic E-state index is -0.0321. The summed E-state index contributed by atoms with van der Waals surface area (Å²) in [6, 6.07) is 3.84. The maximum Gasteiger partial charge on any atom is 0.135 e. The van der Waals surface area contributed by atoms with Gasteiger partial charge in [0.1, 0.15) is 5.82 Å². The Hall–Kier alpha value is -1.38. The lowest BCUT2D eigenvalue weighted by Gasteiger charge is -2.23. The topological polar surface area (TPSA) is 48.8 Å². The predicted molar refractivity (Wildman–Crippen MR) is 69.3 cm³/mol. The molecule has 0 saturated heterocycles. The number of hydrogen-bond donors (Lipinski definition) is 2. The molecule has 0 spiro atoms. The van der Waals surface area contributed by atoms with Crippen LogP contribution >= 0.6 is 0 Å². The first-order valence-electron chi connectivity index (χ1n) is 5.75. The summed E-state index contributed by atoms with van der Waals surface area (Å²) in [6.07, 6.45) is 3.55. The molecule has 1 aromatic rings. The molecule has 0 aromatic carbocycles. The molecule has 3 heteroatoms. The molecule has 0 bridgehead atoms. The second kappa shape index (κ2) is 5.10. The molecule has 0 amide bonds. The lowest BCUT2D eigenvalue weighted by Crippen LogP contribution is -2.28. The largest absolute Gasteiger partial charge is 0.365 e. The van der Waals surface area contributed by atoms with Crippen LogP contribution < -0.4 is 5.32 Å². The maximum absolute atomic E-state index is 8.00. The van der Waals surface area contributed by atoms with E-state index in [-0.39, 0.29) is 5.54 Å². The molecule has 0 unspecified atom stereocenters. The van der Waals surface area contributed by atoms with Gasteiger partial charge in [0.15, 0.2) is 0 Å². The highest BCUT2D eigenvalue weighted by Gasteiger charge is 2.14. The van der Waals surface area contributed by atoms with Gasteiger partial charge in [-0.05, 0) is 39.3 Å². The average molecular weight is 219 g/mol. The lowest BCUT2D eigenvalue weighted by molar-refractivity contribution is 0.630. The molecular weight excluding hydrogens is 198 g/mol. The van der Waals surface area contributed by atoms with Crippen molar-refractivity contribution in [2.24, 2.45) is 0 Å². The van der Waals surface area contributed by atoms with E-state index in [4.69, 9.17) is 5.41 Å². The average Bonchev–Trinajstić information content (AvgIpc) is 2.16. The standard InChI is InChI=1S/C13H21N3/c1-5-7-11(14)10-8-6-9-15-12(10)16-13(2,3)4/h6,8-9,14H,5,7H2,1-4H3,(H,15,16). The third-order valence-electron chi connectivity index (χ3n) is 2.13. The number of pyridine rings is 1. The number of aromatic nitrogens is 1. The fourth-order valence-electron chi connectivity index (χ4n) is 1.49. The minimum absolute atomic E-state index is 0.0321. The van der Waals surface area contributed by atoms with Crippen LogP contribution in [0.4, 0.5) is 5.82 Å². The summed E-state index contributed by atoms with van der Waals surface area (Å²) in [5.41, 5.74) is 1.54. The van der Waals surface area contributed by atoms with Crippen LogP contribution in [0, 0.1) is 5.41 Å². The van der Waals surface area contributed by atoms with Gasteiger partial charge >= 0.3 is 0 Å². The molecule has 3 nitrogen and oxygen atoms in total. The van der Waals surface area contributed by atoms with Crippen molar-refractivity contribution in [2.45, 2.75) is 46.1 Å². The van der Waals surface area contributed by atoms with Crippen LogP contribution in [0.25, 0.3) is 0 Å². The Balaban J connectivity index is 2.96. The van der Waals surface area contributed by atoms with Gasteiger partial charge in [-0.25, -0.2) is 4.98 Å². The van der Waals surface area contributed by atoms with Gasteiger partial charge in [0.25, 0.3) is 0 Å². The van der Waals surface area contributed by atoms with Crippen molar-refractivity contribution in [3.05, 3.63) is 23.9 Å². The van der Waals surface area contributed by atoms with Crippen molar-refractivity contribution in [1.82, 2.24) is 4.98 Å². The van der Waals surface area contributed by atoms with E-state index in [2.05, 4.69) is 38.0 Å². The van der Waals surface area contributed by atoms with Crippen molar-refractivity contribution < 1.29 is 0 Å².